The van der Waals surface area contributed by atoms with Gasteiger partial charge in [0.25, 0.3) is 0 Å². The first-order chi connectivity index (χ1) is 10.0. The summed E-state index contributed by atoms with van der Waals surface area (Å²) in [6.45, 7) is 4.35. The molecule has 2 aromatic carbocycles. The van der Waals surface area contributed by atoms with E-state index in [9.17, 15) is 4.39 Å². The van der Waals surface area contributed by atoms with Crippen LogP contribution in [0.3, 0.4) is 0 Å². The van der Waals surface area contributed by atoms with E-state index in [4.69, 9.17) is 11.6 Å². The summed E-state index contributed by atoms with van der Waals surface area (Å²) < 4.78 is 14.0. The molecule has 0 aliphatic carbocycles. The number of hydrogen-bond donors (Lipinski definition) is 1. The molecule has 0 spiro atoms. The van der Waals surface area contributed by atoms with Gasteiger partial charge in [0.15, 0.2) is 0 Å². The lowest BCUT2D eigenvalue weighted by Gasteiger charge is -2.18. The predicted octanol–water partition coefficient (Wildman–Crippen LogP) is 5.11. The zero-order valence-corrected chi connectivity index (χ0v) is 13.4. The maximum atomic E-state index is 14.0. The highest BCUT2D eigenvalue weighted by molar-refractivity contribution is 6.30. The van der Waals surface area contributed by atoms with Crippen LogP contribution in [0.5, 0.6) is 0 Å². The minimum Gasteiger partial charge on any atom is -0.313 e. The minimum absolute atomic E-state index is 0.0687. The van der Waals surface area contributed by atoms with Gasteiger partial charge in [0.2, 0.25) is 0 Å². The van der Waals surface area contributed by atoms with Gasteiger partial charge < -0.3 is 5.32 Å². The summed E-state index contributed by atoms with van der Waals surface area (Å²) in [6, 6.07) is 13.7. The average molecular weight is 306 g/mol. The fraction of sp³-hybridized carbons (Fsp3) is 0.333. The molecule has 0 saturated heterocycles. The minimum atomic E-state index is -0.321. The van der Waals surface area contributed by atoms with Gasteiger partial charge in [-0.3, -0.25) is 0 Å². The molecule has 2 rings (SSSR count). The maximum absolute atomic E-state index is 14.0. The Hall–Kier alpha value is -1.38. The standard InChI is InChI=1S/C18H21ClFN/c1-12(2)13-7-9-14(10-8-13)17(21-3)11-15-5-4-6-16(19)18(15)20/h4-10,12,17,21H,11H2,1-3H3. The topological polar surface area (TPSA) is 12.0 Å². The molecule has 0 heterocycles. The highest BCUT2D eigenvalue weighted by Crippen LogP contribution is 2.25. The molecule has 0 fully saturated rings. The number of halogens is 2. The predicted molar refractivity (Wildman–Crippen MR) is 87.4 cm³/mol. The molecular weight excluding hydrogens is 285 g/mol. The highest BCUT2D eigenvalue weighted by Gasteiger charge is 2.14. The van der Waals surface area contributed by atoms with Crippen molar-refractivity contribution in [3.05, 3.63) is 70.0 Å². The lowest BCUT2D eigenvalue weighted by atomic mass is 9.95. The SMILES string of the molecule is CNC(Cc1cccc(Cl)c1F)c1ccc(C(C)C)cc1. The normalized spacial score (nSPS) is 12.7. The Morgan fingerprint density at radius 1 is 1.05 bits per heavy atom. The van der Waals surface area contributed by atoms with Crippen molar-refractivity contribution in [1.82, 2.24) is 5.32 Å². The van der Waals surface area contributed by atoms with E-state index < -0.39 is 0 Å². The Morgan fingerprint density at radius 2 is 1.67 bits per heavy atom. The summed E-state index contributed by atoms with van der Waals surface area (Å²) in [7, 11) is 1.89. The number of nitrogens with one attached hydrogen (secondary N) is 1. The van der Waals surface area contributed by atoms with E-state index in [1.807, 2.05) is 7.05 Å². The van der Waals surface area contributed by atoms with Crippen LogP contribution in [0.15, 0.2) is 42.5 Å². The summed E-state index contributed by atoms with van der Waals surface area (Å²) in [4.78, 5) is 0. The van der Waals surface area contributed by atoms with E-state index in [1.54, 1.807) is 18.2 Å². The molecule has 0 bridgehead atoms. The smallest absolute Gasteiger partial charge is 0.145 e. The highest BCUT2D eigenvalue weighted by atomic mass is 35.5. The van der Waals surface area contributed by atoms with Gasteiger partial charge in [-0.2, -0.15) is 0 Å². The molecule has 1 N–H and O–H groups in total. The van der Waals surface area contributed by atoms with Crippen molar-refractivity contribution in [2.75, 3.05) is 7.05 Å². The molecule has 0 aliphatic rings. The molecule has 1 unspecified atom stereocenters. The second-order valence-corrected chi connectivity index (χ2v) is 5.99. The number of hydrogen-bond acceptors (Lipinski definition) is 1. The molecule has 0 amide bonds. The molecular formula is C18H21ClFN. The van der Waals surface area contributed by atoms with E-state index in [0.29, 0.717) is 17.9 Å². The molecule has 1 nitrogen and oxygen atoms in total. The zero-order chi connectivity index (χ0) is 15.4. The first-order valence-corrected chi connectivity index (χ1v) is 7.60. The number of likely N-dealkylation sites (N-methyl/N-ethyl adjacent to an activating group) is 1. The third-order valence-electron chi connectivity index (χ3n) is 3.81. The third kappa shape index (κ3) is 3.84. The van der Waals surface area contributed by atoms with Crippen LogP contribution in [-0.2, 0) is 6.42 Å². The van der Waals surface area contributed by atoms with Gasteiger partial charge in [0, 0.05) is 6.04 Å². The van der Waals surface area contributed by atoms with Crippen molar-refractivity contribution < 1.29 is 4.39 Å². The van der Waals surface area contributed by atoms with E-state index in [-0.39, 0.29) is 16.9 Å². The largest absolute Gasteiger partial charge is 0.313 e. The van der Waals surface area contributed by atoms with E-state index in [0.717, 1.165) is 5.56 Å². The van der Waals surface area contributed by atoms with E-state index >= 15 is 0 Å². The maximum Gasteiger partial charge on any atom is 0.145 e. The lowest BCUT2D eigenvalue weighted by molar-refractivity contribution is 0.554. The molecule has 3 heteroatoms. The summed E-state index contributed by atoms with van der Waals surface area (Å²) >= 11 is 5.85. The molecule has 0 aliphatic heterocycles. The fourth-order valence-electron chi connectivity index (χ4n) is 2.43. The van der Waals surface area contributed by atoms with Crippen molar-refractivity contribution in [3.63, 3.8) is 0 Å². The Labute approximate surface area is 131 Å². The van der Waals surface area contributed by atoms with Crippen LogP contribution in [-0.4, -0.2) is 7.05 Å². The van der Waals surface area contributed by atoms with Crippen LogP contribution in [0, 0.1) is 5.82 Å². The van der Waals surface area contributed by atoms with Crippen LogP contribution in [0.2, 0.25) is 5.02 Å². The van der Waals surface area contributed by atoms with Gasteiger partial charge in [-0.05, 0) is 42.1 Å². The van der Waals surface area contributed by atoms with Crippen LogP contribution in [0.25, 0.3) is 0 Å². The molecule has 1 atom stereocenters. The van der Waals surface area contributed by atoms with Gasteiger partial charge >= 0.3 is 0 Å². The third-order valence-corrected chi connectivity index (χ3v) is 4.10. The van der Waals surface area contributed by atoms with Gasteiger partial charge in [-0.1, -0.05) is 61.8 Å². The van der Waals surface area contributed by atoms with Gasteiger partial charge in [0.1, 0.15) is 5.82 Å². The summed E-state index contributed by atoms with van der Waals surface area (Å²) in [5.74, 6) is 0.190. The molecule has 0 saturated carbocycles. The monoisotopic (exact) mass is 305 g/mol. The van der Waals surface area contributed by atoms with E-state index in [1.165, 1.54) is 5.56 Å². The molecule has 2 aromatic rings. The molecule has 0 radical (unpaired) electrons. The lowest BCUT2D eigenvalue weighted by Crippen LogP contribution is -2.19. The van der Waals surface area contributed by atoms with Crippen molar-refractivity contribution >= 4 is 11.6 Å². The van der Waals surface area contributed by atoms with Gasteiger partial charge in [0.05, 0.1) is 5.02 Å². The second-order valence-electron chi connectivity index (χ2n) is 5.58. The molecule has 21 heavy (non-hydrogen) atoms. The number of benzene rings is 2. The van der Waals surface area contributed by atoms with Gasteiger partial charge in [-0.15, -0.1) is 0 Å². The van der Waals surface area contributed by atoms with Crippen LogP contribution >= 0.6 is 11.6 Å². The van der Waals surface area contributed by atoms with Crippen LogP contribution in [0.1, 0.15) is 42.5 Å². The Bertz CT molecular complexity index is 593. The number of rotatable bonds is 5. The molecule has 112 valence electrons. The fourth-order valence-corrected chi connectivity index (χ4v) is 2.62. The average Bonchev–Trinajstić information content (AvgIpc) is 2.49. The van der Waals surface area contributed by atoms with Crippen molar-refractivity contribution in [1.29, 1.82) is 0 Å². The zero-order valence-electron chi connectivity index (χ0n) is 12.7. The summed E-state index contributed by atoms with van der Waals surface area (Å²) in [6.07, 6.45) is 0.573. The summed E-state index contributed by atoms with van der Waals surface area (Å²) in [5, 5.41) is 3.43. The first-order valence-electron chi connectivity index (χ1n) is 7.23. The second kappa shape index (κ2) is 7.06. The first kappa shape index (κ1) is 16.0. The Balaban J connectivity index is 2.21. The summed E-state index contributed by atoms with van der Waals surface area (Å²) in [5.41, 5.74) is 3.10. The Kier molecular flexibility index (Phi) is 5.38. The molecule has 0 aromatic heterocycles. The van der Waals surface area contributed by atoms with Crippen molar-refractivity contribution in [2.45, 2.75) is 32.2 Å². The Morgan fingerprint density at radius 3 is 2.24 bits per heavy atom. The van der Waals surface area contributed by atoms with Crippen LogP contribution in [0.4, 0.5) is 4.39 Å². The van der Waals surface area contributed by atoms with Crippen molar-refractivity contribution in [2.24, 2.45) is 0 Å². The van der Waals surface area contributed by atoms with Crippen LogP contribution < -0.4 is 5.32 Å². The quantitative estimate of drug-likeness (QED) is 0.810. The van der Waals surface area contributed by atoms with E-state index in [2.05, 4.69) is 43.4 Å². The van der Waals surface area contributed by atoms with Gasteiger partial charge in [-0.25, -0.2) is 4.39 Å². The van der Waals surface area contributed by atoms with Crippen molar-refractivity contribution in [3.8, 4) is 0 Å².